The van der Waals surface area contributed by atoms with Crippen molar-refractivity contribution in [1.29, 1.82) is 0 Å². The van der Waals surface area contributed by atoms with Gasteiger partial charge in [0.1, 0.15) is 5.75 Å². The molecule has 0 saturated heterocycles. The lowest BCUT2D eigenvalue weighted by molar-refractivity contribution is 0.292. The molecule has 6 heteroatoms. The van der Waals surface area contributed by atoms with Gasteiger partial charge in [-0.25, -0.2) is 0 Å². The molecule has 0 bridgehead atoms. The van der Waals surface area contributed by atoms with Crippen molar-refractivity contribution in [2.45, 2.75) is 25.8 Å². The van der Waals surface area contributed by atoms with E-state index >= 15 is 0 Å². The van der Waals surface area contributed by atoms with E-state index in [-0.39, 0.29) is 12.4 Å². The Hall–Kier alpha value is -2.37. The topological polar surface area (TPSA) is 60.2 Å². The van der Waals surface area contributed by atoms with E-state index in [0.717, 1.165) is 29.1 Å². The fourth-order valence-electron chi connectivity index (χ4n) is 2.55. The summed E-state index contributed by atoms with van der Waals surface area (Å²) >= 11 is 0. The fourth-order valence-corrected chi connectivity index (χ4v) is 2.55. The smallest absolute Gasteiger partial charge is 0.230 e. The van der Waals surface area contributed by atoms with E-state index in [1.807, 2.05) is 43.4 Å². The van der Waals surface area contributed by atoms with Gasteiger partial charge in [-0.2, -0.15) is 4.98 Å². The van der Waals surface area contributed by atoms with Crippen LogP contribution >= 0.6 is 12.4 Å². The molecule has 26 heavy (non-hydrogen) atoms. The first-order chi connectivity index (χ1) is 12.3. The maximum atomic E-state index is 5.97. The van der Waals surface area contributed by atoms with Crippen LogP contribution in [0.1, 0.15) is 18.6 Å². The average molecular weight is 374 g/mol. The third-order valence-corrected chi connectivity index (χ3v) is 4.04. The van der Waals surface area contributed by atoms with Gasteiger partial charge < -0.3 is 14.6 Å². The highest BCUT2D eigenvalue weighted by atomic mass is 35.5. The summed E-state index contributed by atoms with van der Waals surface area (Å²) in [6.45, 7) is 2.58. The van der Waals surface area contributed by atoms with Gasteiger partial charge in [-0.3, -0.25) is 0 Å². The average Bonchev–Trinajstić information content (AvgIpc) is 3.10. The SMILES string of the molecule is CNC(C)Cc1noc(CCOc2ccccc2-c2ccccc2)n1.Cl. The van der Waals surface area contributed by atoms with E-state index in [4.69, 9.17) is 9.26 Å². The zero-order valence-corrected chi connectivity index (χ0v) is 15.8. The maximum absolute atomic E-state index is 5.97. The number of hydrogen-bond acceptors (Lipinski definition) is 5. The zero-order valence-electron chi connectivity index (χ0n) is 15.0. The third-order valence-electron chi connectivity index (χ3n) is 4.04. The number of hydrogen-bond donors (Lipinski definition) is 1. The molecule has 0 saturated carbocycles. The number of rotatable bonds is 8. The van der Waals surface area contributed by atoms with Crippen molar-refractivity contribution in [3.8, 4) is 16.9 Å². The van der Waals surface area contributed by atoms with Gasteiger partial charge in [-0.15, -0.1) is 12.4 Å². The van der Waals surface area contributed by atoms with Crippen LogP contribution in [-0.2, 0) is 12.8 Å². The molecular weight excluding hydrogens is 350 g/mol. The summed E-state index contributed by atoms with van der Waals surface area (Å²) in [5.74, 6) is 2.19. The summed E-state index contributed by atoms with van der Waals surface area (Å²) in [6.07, 6.45) is 1.34. The monoisotopic (exact) mass is 373 g/mol. The molecule has 0 aliphatic rings. The Morgan fingerprint density at radius 2 is 1.81 bits per heavy atom. The molecule has 1 aromatic heterocycles. The molecule has 1 atom stereocenters. The Kier molecular flexibility index (Phi) is 7.63. The molecule has 138 valence electrons. The highest BCUT2D eigenvalue weighted by Crippen LogP contribution is 2.29. The van der Waals surface area contributed by atoms with Crippen molar-refractivity contribution < 1.29 is 9.26 Å². The van der Waals surface area contributed by atoms with Gasteiger partial charge >= 0.3 is 0 Å². The first-order valence-electron chi connectivity index (χ1n) is 8.52. The minimum absolute atomic E-state index is 0. The van der Waals surface area contributed by atoms with Crippen LogP contribution in [0.2, 0.25) is 0 Å². The molecule has 0 aliphatic carbocycles. The second-order valence-corrected chi connectivity index (χ2v) is 5.96. The van der Waals surface area contributed by atoms with E-state index < -0.39 is 0 Å². The van der Waals surface area contributed by atoms with Crippen LogP contribution < -0.4 is 10.1 Å². The summed E-state index contributed by atoms with van der Waals surface area (Å²) in [7, 11) is 1.92. The van der Waals surface area contributed by atoms with Gasteiger partial charge in [0.25, 0.3) is 0 Å². The summed E-state index contributed by atoms with van der Waals surface area (Å²) in [5.41, 5.74) is 2.22. The van der Waals surface area contributed by atoms with Crippen LogP contribution in [0.25, 0.3) is 11.1 Å². The van der Waals surface area contributed by atoms with Crippen molar-refractivity contribution >= 4 is 12.4 Å². The molecule has 0 aliphatic heterocycles. The second kappa shape index (κ2) is 9.94. The standard InChI is InChI=1S/C20H23N3O2.ClH/c1-15(21-2)14-19-22-20(25-23-19)12-13-24-18-11-7-6-10-17(18)16-8-4-3-5-9-16;/h3-11,15,21H,12-14H2,1-2H3;1H. The van der Waals surface area contributed by atoms with Gasteiger partial charge in [-0.05, 0) is 25.6 Å². The molecule has 0 amide bonds. The first-order valence-corrected chi connectivity index (χ1v) is 8.52. The minimum Gasteiger partial charge on any atom is -0.492 e. The van der Waals surface area contributed by atoms with Gasteiger partial charge in [0, 0.05) is 18.0 Å². The Labute approximate surface area is 160 Å². The first kappa shape index (κ1) is 19.9. The number of benzene rings is 2. The third kappa shape index (κ3) is 5.31. The van der Waals surface area contributed by atoms with Crippen molar-refractivity contribution in [2.75, 3.05) is 13.7 Å². The molecule has 0 radical (unpaired) electrons. The molecule has 0 spiro atoms. The number of aromatic nitrogens is 2. The molecule has 3 aromatic rings. The highest BCUT2D eigenvalue weighted by Gasteiger charge is 2.10. The van der Waals surface area contributed by atoms with Crippen molar-refractivity contribution in [3.63, 3.8) is 0 Å². The Morgan fingerprint density at radius 3 is 2.58 bits per heavy atom. The van der Waals surface area contributed by atoms with E-state index in [2.05, 4.69) is 40.6 Å². The molecule has 2 aromatic carbocycles. The number of nitrogens with zero attached hydrogens (tertiary/aromatic N) is 2. The van der Waals surface area contributed by atoms with Crippen molar-refractivity contribution in [2.24, 2.45) is 0 Å². The Balaban J connectivity index is 0.00000243. The van der Waals surface area contributed by atoms with Crippen LogP contribution in [-0.4, -0.2) is 29.8 Å². The van der Waals surface area contributed by atoms with Crippen LogP contribution in [0.15, 0.2) is 59.1 Å². The second-order valence-electron chi connectivity index (χ2n) is 5.96. The summed E-state index contributed by atoms with van der Waals surface area (Å²) < 4.78 is 11.3. The molecular formula is C20H24ClN3O2. The maximum Gasteiger partial charge on any atom is 0.230 e. The number of nitrogens with one attached hydrogen (secondary N) is 1. The predicted molar refractivity (Wildman–Crippen MR) is 105 cm³/mol. The molecule has 0 fully saturated rings. The van der Waals surface area contributed by atoms with Crippen LogP contribution in [0.5, 0.6) is 5.75 Å². The molecule has 1 heterocycles. The van der Waals surface area contributed by atoms with E-state index in [0.29, 0.717) is 25.0 Å². The van der Waals surface area contributed by atoms with Gasteiger partial charge in [-0.1, -0.05) is 53.7 Å². The Morgan fingerprint density at radius 1 is 1.08 bits per heavy atom. The van der Waals surface area contributed by atoms with Gasteiger partial charge in [0.15, 0.2) is 5.82 Å². The molecule has 1 unspecified atom stereocenters. The van der Waals surface area contributed by atoms with Crippen molar-refractivity contribution in [3.05, 3.63) is 66.3 Å². The zero-order chi connectivity index (χ0) is 17.5. The summed E-state index contributed by atoms with van der Waals surface area (Å²) in [6, 6.07) is 18.6. The quantitative estimate of drug-likeness (QED) is 0.648. The lowest BCUT2D eigenvalue weighted by Gasteiger charge is -2.10. The number of para-hydroxylation sites is 1. The Bertz CT molecular complexity index is 793. The number of halogens is 1. The van der Waals surface area contributed by atoms with E-state index in [9.17, 15) is 0 Å². The lowest BCUT2D eigenvalue weighted by atomic mass is 10.1. The molecule has 3 rings (SSSR count). The normalized spacial score (nSPS) is 11.6. The number of likely N-dealkylation sites (N-methyl/N-ethyl adjacent to an activating group) is 1. The minimum atomic E-state index is 0. The van der Waals surface area contributed by atoms with E-state index in [1.165, 1.54) is 0 Å². The van der Waals surface area contributed by atoms with Crippen molar-refractivity contribution in [1.82, 2.24) is 15.5 Å². The van der Waals surface area contributed by atoms with Crippen LogP contribution in [0, 0.1) is 0 Å². The van der Waals surface area contributed by atoms with Gasteiger partial charge in [0.05, 0.1) is 13.0 Å². The molecule has 5 nitrogen and oxygen atoms in total. The largest absolute Gasteiger partial charge is 0.492 e. The number of ether oxygens (including phenoxy) is 1. The van der Waals surface area contributed by atoms with E-state index in [1.54, 1.807) is 0 Å². The summed E-state index contributed by atoms with van der Waals surface area (Å²) in [4.78, 5) is 4.41. The molecule has 1 N–H and O–H groups in total. The fraction of sp³-hybridized carbons (Fsp3) is 0.300. The summed E-state index contributed by atoms with van der Waals surface area (Å²) in [5, 5.41) is 7.18. The predicted octanol–water partition coefficient (Wildman–Crippen LogP) is 3.93. The lowest BCUT2D eigenvalue weighted by Crippen LogP contribution is -2.24. The van der Waals surface area contributed by atoms with Crippen LogP contribution in [0.4, 0.5) is 0 Å². The van der Waals surface area contributed by atoms with Crippen LogP contribution in [0.3, 0.4) is 0 Å². The highest BCUT2D eigenvalue weighted by molar-refractivity contribution is 5.85. The van der Waals surface area contributed by atoms with Gasteiger partial charge in [0.2, 0.25) is 5.89 Å².